The van der Waals surface area contributed by atoms with E-state index < -0.39 is 0 Å². The molecule has 0 aliphatic heterocycles. The van der Waals surface area contributed by atoms with E-state index in [2.05, 4.69) is 0 Å². The summed E-state index contributed by atoms with van der Waals surface area (Å²) < 4.78 is 10.8. The molecule has 4 nitrogen and oxygen atoms in total. The summed E-state index contributed by atoms with van der Waals surface area (Å²) in [5, 5.41) is 8.10. The van der Waals surface area contributed by atoms with Crippen molar-refractivity contribution in [2.45, 2.75) is 6.42 Å². The fraction of sp³-hybridized carbons (Fsp3) is 0.188. The number of methoxy groups -OCH3 is 1. The van der Waals surface area contributed by atoms with Crippen molar-refractivity contribution in [2.24, 2.45) is 5.73 Å². The van der Waals surface area contributed by atoms with Gasteiger partial charge in [-0.2, -0.15) is 0 Å². The third-order valence-corrected chi connectivity index (χ3v) is 3.21. The first kappa shape index (κ1) is 15.4. The van der Waals surface area contributed by atoms with Crippen LogP contribution in [0.2, 0.25) is 5.02 Å². The number of hydrogen-bond donors (Lipinski definition) is 2. The number of benzene rings is 2. The van der Waals surface area contributed by atoms with E-state index in [1.54, 1.807) is 25.3 Å². The molecule has 0 fully saturated rings. The molecule has 3 N–H and O–H groups in total. The van der Waals surface area contributed by atoms with Crippen LogP contribution in [0, 0.1) is 5.41 Å². The van der Waals surface area contributed by atoms with E-state index in [1.807, 2.05) is 24.3 Å². The van der Waals surface area contributed by atoms with Crippen LogP contribution in [0.1, 0.15) is 11.1 Å². The Morgan fingerprint density at radius 3 is 2.52 bits per heavy atom. The van der Waals surface area contributed by atoms with E-state index in [9.17, 15) is 0 Å². The molecule has 0 unspecified atom stereocenters. The maximum absolute atomic E-state index is 7.56. The summed E-state index contributed by atoms with van der Waals surface area (Å²) in [6.07, 6.45) is 0.854. The van der Waals surface area contributed by atoms with Crippen molar-refractivity contribution in [3.8, 4) is 11.5 Å². The maximum atomic E-state index is 7.56. The molecule has 0 saturated carbocycles. The molecule has 0 heterocycles. The largest absolute Gasteiger partial charge is 0.457 e. The van der Waals surface area contributed by atoms with E-state index in [1.165, 1.54) is 5.56 Å². The van der Waals surface area contributed by atoms with Crippen LogP contribution in [-0.4, -0.2) is 19.6 Å². The number of hydrogen-bond acceptors (Lipinski definition) is 3. The summed E-state index contributed by atoms with van der Waals surface area (Å²) in [5.74, 6) is 1.08. The molecular formula is C16H17ClN2O2. The van der Waals surface area contributed by atoms with E-state index >= 15 is 0 Å². The summed E-state index contributed by atoms with van der Waals surface area (Å²) >= 11 is 5.96. The fourth-order valence-electron chi connectivity index (χ4n) is 1.87. The average molecular weight is 305 g/mol. The van der Waals surface area contributed by atoms with Crippen molar-refractivity contribution in [3.05, 3.63) is 58.6 Å². The van der Waals surface area contributed by atoms with Crippen LogP contribution in [0.3, 0.4) is 0 Å². The molecule has 0 bridgehead atoms. The maximum Gasteiger partial charge on any atom is 0.139 e. The normalized spacial score (nSPS) is 10.4. The van der Waals surface area contributed by atoms with Gasteiger partial charge in [0, 0.05) is 18.2 Å². The number of rotatable bonds is 6. The zero-order chi connectivity index (χ0) is 15.2. The predicted molar refractivity (Wildman–Crippen MR) is 84.6 cm³/mol. The monoisotopic (exact) mass is 304 g/mol. The minimum Gasteiger partial charge on any atom is -0.457 e. The van der Waals surface area contributed by atoms with Crippen LogP contribution in [0.25, 0.3) is 0 Å². The lowest BCUT2D eigenvalue weighted by Gasteiger charge is -2.11. The van der Waals surface area contributed by atoms with Crippen molar-refractivity contribution in [1.82, 2.24) is 0 Å². The van der Waals surface area contributed by atoms with E-state index in [-0.39, 0.29) is 5.84 Å². The van der Waals surface area contributed by atoms with Gasteiger partial charge in [0.1, 0.15) is 17.3 Å². The lowest BCUT2D eigenvalue weighted by Crippen LogP contribution is -2.12. The highest BCUT2D eigenvalue weighted by Crippen LogP contribution is 2.28. The van der Waals surface area contributed by atoms with Crippen LogP contribution in [0.5, 0.6) is 11.5 Å². The third-order valence-electron chi connectivity index (χ3n) is 2.98. The smallest absolute Gasteiger partial charge is 0.139 e. The van der Waals surface area contributed by atoms with Crippen molar-refractivity contribution in [2.75, 3.05) is 13.7 Å². The summed E-state index contributed by atoms with van der Waals surface area (Å²) in [4.78, 5) is 0. The van der Waals surface area contributed by atoms with Crippen LogP contribution < -0.4 is 10.5 Å². The Labute approximate surface area is 129 Å². The van der Waals surface area contributed by atoms with Crippen LogP contribution in [0.4, 0.5) is 0 Å². The highest BCUT2D eigenvalue weighted by atomic mass is 35.5. The predicted octanol–water partition coefficient (Wildman–Crippen LogP) is 3.61. The summed E-state index contributed by atoms with van der Waals surface area (Å²) in [7, 11) is 1.68. The zero-order valence-electron chi connectivity index (χ0n) is 11.7. The molecule has 110 valence electrons. The number of nitrogens with two attached hydrogens (primary N) is 1. The molecule has 5 heteroatoms. The third kappa shape index (κ3) is 4.21. The van der Waals surface area contributed by atoms with Crippen molar-refractivity contribution in [3.63, 3.8) is 0 Å². The van der Waals surface area contributed by atoms with Gasteiger partial charge in [-0.05, 0) is 36.2 Å². The van der Waals surface area contributed by atoms with Gasteiger partial charge in [-0.25, -0.2) is 0 Å². The second kappa shape index (κ2) is 7.11. The molecule has 0 amide bonds. The first-order chi connectivity index (χ1) is 10.1. The van der Waals surface area contributed by atoms with Gasteiger partial charge >= 0.3 is 0 Å². The van der Waals surface area contributed by atoms with Gasteiger partial charge in [-0.15, -0.1) is 0 Å². The number of halogens is 1. The molecule has 0 aromatic heterocycles. The topological polar surface area (TPSA) is 68.3 Å². The number of ether oxygens (including phenoxy) is 2. The second-order valence-electron chi connectivity index (χ2n) is 4.54. The zero-order valence-corrected chi connectivity index (χ0v) is 12.5. The van der Waals surface area contributed by atoms with Gasteiger partial charge in [-0.3, -0.25) is 5.41 Å². The molecule has 2 rings (SSSR count). The second-order valence-corrected chi connectivity index (χ2v) is 4.98. The average Bonchev–Trinajstić information content (AvgIpc) is 2.46. The molecule has 0 aliphatic rings. The van der Waals surface area contributed by atoms with Gasteiger partial charge in [0.15, 0.2) is 0 Å². The van der Waals surface area contributed by atoms with E-state index in [0.717, 1.165) is 6.42 Å². The number of nitrogens with one attached hydrogen (secondary N) is 1. The van der Waals surface area contributed by atoms with Gasteiger partial charge in [0.2, 0.25) is 0 Å². The van der Waals surface area contributed by atoms with Crippen LogP contribution in [0.15, 0.2) is 42.5 Å². The van der Waals surface area contributed by atoms with Gasteiger partial charge in [-0.1, -0.05) is 23.7 Å². The minimum absolute atomic E-state index is 0.0571. The molecule has 21 heavy (non-hydrogen) atoms. The summed E-state index contributed by atoms with van der Waals surface area (Å²) in [6.45, 7) is 0.684. The molecule has 0 atom stereocenters. The highest BCUT2D eigenvalue weighted by Gasteiger charge is 2.08. The Hall–Kier alpha value is -2.04. The molecule has 0 aliphatic carbocycles. The molecule has 2 aromatic rings. The molecule has 0 saturated heterocycles. The standard InChI is InChI=1S/C16H17ClN2O2/c1-20-9-8-11-2-5-13(6-3-11)21-15-10-12(17)4-7-14(15)16(18)19/h2-7,10H,8-9H2,1H3,(H3,18,19). The first-order valence-corrected chi connectivity index (χ1v) is 6.87. The fourth-order valence-corrected chi connectivity index (χ4v) is 2.04. The highest BCUT2D eigenvalue weighted by molar-refractivity contribution is 6.30. The SMILES string of the molecule is COCCc1ccc(Oc2cc(Cl)ccc2C(=N)N)cc1. The van der Waals surface area contributed by atoms with Gasteiger partial charge in [0.05, 0.1) is 12.2 Å². The van der Waals surface area contributed by atoms with Crippen molar-refractivity contribution >= 4 is 17.4 Å². The van der Waals surface area contributed by atoms with E-state index in [4.69, 9.17) is 32.2 Å². The Bertz CT molecular complexity index is 627. The Kier molecular flexibility index (Phi) is 5.20. The van der Waals surface area contributed by atoms with E-state index in [0.29, 0.717) is 28.7 Å². The van der Waals surface area contributed by atoms with Gasteiger partial charge in [0.25, 0.3) is 0 Å². The molecular weight excluding hydrogens is 288 g/mol. The molecule has 2 aromatic carbocycles. The lowest BCUT2D eigenvalue weighted by molar-refractivity contribution is 0.202. The minimum atomic E-state index is -0.0571. The van der Waals surface area contributed by atoms with Gasteiger partial charge < -0.3 is 15.2 Å². The quantitative estimate of drug-likeness (QED) is 0.633. The Balaban J connectivity index is 2.18. The molecule has 0 spiro atoms. The summed E-state index contributed by atoms with van der Waals surface area (Å²) in [6, 6.07) is 12.7. The Morgan fingerprint density at radius 2 is 1.90 bits per heavy atom. The lowest BCUT2D eigenvalue weighted by atomic mass is 10.1. The number of nitrogen functional groups attached to an aromatic ring is 1. The number of amidine groups is 1. The molecule has 0 radical (unpaired) electrons. The van der Waals surface area contributed by atoms with Crippen molar-refractivity contribution < 1.29 is 9.47 Å². The van der Waals surface area contributed by atoms with Crippen LogP contribution in [-0.2, 0) is 11.2 Å². The van der Waals surface area contributed by atoms with Crippen LogP contribution >= 0.6 is 11.6 Å². The first-order valence-electron chi connectivity index (χ1n) is 6.50. The summed E-state index contributed by atoms with van der Waals surface area (Å²) in [5.41, 5.74) is 7.23. The Morgan fingerprint density at radius 1 is 1.19 bits per heavy atom. The van der Waals surface area contributed by atoms with Crippen molar-refractivity contribution in [1.29, 1.82) is 5.41 Å².